The predicted molar refractivity (Wildman–Crippen MR) is 206 cm³/mol. The third-order valence-electron chi connectivity index (χ3n) is 11.2. The molecule has 4 heterocycles. The molecule has 2 aliphatic carbocycles. The molecule has 2 aliphatic rings. The van der Waals surface area contributed by atoms with Crippen LogP contribution >= 0.6 is 0 Å². The molecule has 2 saturated carbocycles. The predicted octanol–water partition coefficient (Wildman–Crippen LogP) is 12.3. The Bertz CT molecular complexity index is 2460. The third-order valence-corrected chi connectivity index (χ3v) is 11.2. The molecule has 0 bridgehead atoms. The standard InChI is InChI=1S/C33H39N2O.C13H12N.Ir/c1-22-9-10-26-25-7-6-8-27(29(25)36-30(26)35-22)28-20-24(13-18-34-28)19-23-11-14-33(15-12-23)21-31(2,3)16-17-32(33,4)5;1-10-3-6-12(7-4-10)13-8-5-11(2)9-14-13;/h6-7,9-10,13,18,20,23H,11-12,14-17,19,21H2,1-5H3;3-6,8-9H,1-2H3;/q2*-1;/i1D3,19D2;1D3,2D3;. The van der Waals surface area contributed by atoms with Crippen LogP contribution in [0, 0.1) is 54.9 Å². The van der Waals surface area contributed by atoms with Crippen molar-refractivity contribution >= 4 is 22.1 Å². The van der Waals surface area contributed by atoms with Gasteiger partial charge in [-0.05, 0) is 122 Å². The number of aryl methyl sites for hydroxylation is 3. The van der Waals surface area contributed by atoms with Crippen molar-refractivity contribution in [2.45, 2.75) is 99.6 Å². The molecule has 2 fully saturated rings. The molecule has 6 aromatic rings. The Balaban J connectivity index is 0.000000258. The SMILES string of the molecule is [2H]C([2H])([2H])c1c[c-]c(-c2ccc(C([2H])([2H])[2H])cn2)cc1.[2H]C([2H])([2H])c1ccc2c(n1)oc1c(-c3cc(C([2H])([2H])C4CCC5(CC4)CC(C)(C)CCC5(C)C)ccn3)[c-]ccc12.[Ir]. The van der Waals surface area contributed by atoms with Gasteiger partial charge in [-0.1, -0.05) is 69.3 Å². The van der Waals surface area contributed by atoms with E-state index in [-0.39, 0.29) is 59.4 Å². The van der Waals surface area contributed by atoms with E-state index in [1.807, 2.05) is 12.1 Å². The molecule has 267 valence electrons. The van der Waals surface area contributed by atoms with Crippen LogP contribution in [0.3, 0.4) is 0 Å². The summed E-state index contributed by atoms with van der Waals surface area (Å²) in [5, 5.41) is 1.52. The molecule has 0 unspecified atom stereocenters. The van der Waals surface area contributed by atoms with Crippen LogP contribution in [0.5, 0.6) is 0 Å². The summed E-state index contributed by atoms with van der Waals surface area (Å²) < 4.78 is 91.4. The van der Waals surface area contributed by atoms with E-state index in [2.05, 4.69) is 54.8 Å². The number of fused-ring (bicyclic) bond motifs is 3. The smallest absolute Gasteiger partial charge is 0.216 e. The van der Waals surface area contributed by atoms with Crippen LogP contribution in [0.4, 0.5) is 0 Å². The molecule has 51 heavy (non-hydrogen) atoms. The van der Waals surface area contributed by atoms with E-state index < -0.39 is 26.9 Å². The van der Waals surface area contributed by atoms with Crippen molar-refractivity contribution in [2.24, 2.45) is 22.2 Å². The maximum atomic E-state index is 9.27. The summed E-state index contributed by atoms with van der Waals surface area (Å²) in [6.07, 6.45) is 9.10. The number of nitrogens with zero attached hydrogens (tertiary/aromatic N) is 3. The molecule has 8 rings (SSSR count). The number of benzene rings is 2. The monoisotopic (exact) mass is 865 g/mol. The van der Waals surface area contributed by atoms with Crippen LogP contribution in [0.15, 0.2) is 83.5 Å². The molecule has 1 spiro atoms. The van der Waals surface area contributed by atoms with Crippen molar-refractivity contribution < 1.29 is 39.6 Å². The number of hydrogen-bond donors (Lipinski definition) is 0. The number of pyridine rings is 3. The quantitative estimate of drug-likeness (QED) is 0.166. The van der Waals surface area contributed by atoms with Gasteiger partial charge in [-0.15, -0.1) is 53.6 Å². The summed E-state index contributed by atoms with van der Waals surface area (Å²) in [5.41, 5.74) is 5.03. The maximum Gasteiger partial charge on any atom is 0.216 e. The molecule has 1 radical (unpaired) electrons. The van der Waals surface area contributed by atoms with Crippen LogP contribution in [-0.4, -0.2) is 15.0 Å². The summed E-state index contributed by atoms with van der Waals surface area (Å²) in [5.74, 6) is -0.0577. The molecular formula is C46H51IrN3O-2. The Morgan fingerprint density at radius 2 is 1.67 bits per heavy atom. The minimum atomic E-state index is -2.33. The number of aromatic nitrogens is 3. The van der Waals surface area contributed by atoms with E-state index in [1.165, 1.54) is 49.7 Å². The van der Waals surface area contributed by atoms with Crippen LogP contribution in [0.2, 0.25) is 0 Å². The van der Waals surface area contributed by atoms with Crippen molar-refractivity contribution in [1.82, 2.24) is 15.0 Å². The Morgan fingerprint density at radius 1 is 0.843 bits per heavy atom. The van der Waals surface area contributed by atoms with Gasteiger partial charge in [-0.3, -0.25) is 0 Å². The zero-order valence-electron chi connectivity index (χ0n) is 40.6. The number of rotatable bonds is 4. The molecule has 0 amide bonds. The summed E-state index contributed by atoms with van der Waals surface area (Å²) in [7, 11) is 0. The minimum absolute atomic E-state index is 0. The van der Waals surface area contributed by atoms with E-state index in [0.29, 0.717) is 39.1 Å². The molecule has 0 atom stereocenters. The van der Waals surface area contributed by atoms with Gasteiger partial charge in [0.2, 0.25) is 5.71 Å². The van der Waals surface area contributed by atoms with E-state index in [9.17, 15) is 2.74 Å². The number of furan rings is 1. The van der Waals surface area contributed by atoms with Crippen LogP contribution < -0.4 is 0 Å². The normalized spacial score (nSPS) is 23.1. The van der Waals surface area contributed by atoms with Gasteiger partial charge < -0.3 is 14.4 Å². The van der Waals surface area contributed by atoms with Crippen LogP contribution in [0.1, 0.15) is 110 Å². The zero-order chi connectivity index (χ0) is 44.4. The van der Waals surface area contributed by atoms with E-state index in [4.69, 9.17) is 16.8 Å². The first-order chi connectivity index (χ1) is 28.3. The van der Waals surface area contributed by atoms with E-state index in [1.54, 1.807) is 36.5 Å². The first kappa shape index (κ1) is 25.3. The Labute approximate surface area is 333 Å². The van der Waals surface area contributed by atoms with Crippen molar-refractivity contribution in [1.29, 1.82) is 0 Å². The van der Waals surface area contributed by atoms with E-state index >= 15 is 0 Å². The van der Waals surface area contributed by atoms with Crippen LogP contribution in [-0.2, 0) is 26.5 Å². The maximum absolute atomic E-state index is 9.27. The summed E-state index contributed by atoms with van der Waals surface area (Å²) >= 11 is 0. The summed E-state index contributed by atoms with van der Waals surface area (Å²) in [6, 6.07) is 24.2. The fourth-order valence-electron chi connectivity index (χ4n) is 8.17. The topological polar surface area (TPSA) is 51.8 Å². The van der Waals surface area contributed by atoms with Gasteiger partial charge >= 0.3 is 0 Å². The zero-order valence-corrected chi connectivity index (χ0v) is 32.0. The second-order valence-electron chi connectivity index (χ2n) is 15.5. The molecular weight excluding hydrogens is 803 g/mol. The summed E-state index contributed by atoms with van der Waals surface area (Å²) in [4.78, 5) is 12.9. The average molecular weight is 865 g/mol. The molecule has 0 saturated heterocycles. The first-order valence-corrected chi connectivity index (χ1v) is 17.5. The third kappa shape index (κ3) is 7.91. The van der Waals surface area contributed by atoms with Gasteiger partial charge in [0.25, 0.3) is 0 Å². The van der Waals surface area contributed by atoms with Crippen molar-refractivity contribution in [3.63, 3.8) is 0 Å². The molecule has 2 aromatic carbocycles. The molecule has 5 heteroatoms. The Morgan fingerprint density at radius 3 is 2.39 bits per heavy atom. The summed E-state index contributed by atoms with van der Waals surface area (Å²) in [6.45, 7) is 2.99. The van der Waals surface area contributed by atoms with Crippen LogP contribution in [0.25, 0.3) is 44.6 Å². The average Bonchev–Trinajstić information content (AvgIpc) is 3.58. The number of hydrogen-bond acceptors (Lipinski definition) is 4. The molecule has 4 aromatic heterocycles. The van der Waals surface area contributed by atoms with Gasteiger partial charge in [0.1, 0.15) is 0 Å². The van der Waals surface area contributed by atoms with Gasteiger partial charge in [0.15, 0.2) is 0 Å². The largest absolute Gasteiger partial charge is 0.486 e. The second-order valence-corrected chi connectivity index (χ2v) is 15.5. The van der Waals surface area contributed by atoms with Crippen molar-refractivity contribution in [3.05, 3.63) is 114 Å². The first-order valence-electron chi connectivity index (χ1n) is 23.0. The fraction of sp³-hybridized carbons (Fsp3) is 0.413. The molecule has 0 N–H and O–H groups in total. The van der Waals surface area contributed by atoms with Gasteiger partial charge in [-0.25, -0.2) is 4.98 Å². The Hall–Kier alpha value is -3.66. The second kappa shape index (κ2) is 14.8. The molecule has 0 aliphatic heterocycles. The Kier molecular flexibility index (Phi) is 7.33. The van der Waals surface area contributed by atoms with Gasteiger partial charge in [0, 0.05) is 58.7 Å². The fourth-order valence-corrected chi connectivity index (χ4v) is 8.17. The minimum Gasteiger partial charge on any atom is -0.486 e. The van der Waals surface area contributed by atoms with Gasteiger partial charge in [0.05, 0.1) is 5.58 Å². The molecule has 4 nitrogen and oxygen atoms in total. The van der Waals surface area contributed by atoms with Crippen molar-refractivity contribution in [3.8, 4) is 22.5 Å². The van der Waals surface area contributed by atoms with Crippen molar-refractivity contribution in [2.75, 3.05) is 0 Å². The van der Waals surface area contributed by atoms with E-state index in [0.717, 1.165) is 36.5 Å². The van der Waals surface area contributed by atoms with Gasteiger partial charge in [-0.2, -0.15) is 0 Å².